The van der Waals surface area contributed by atoms with Crippen LogP contribution in [-0.4, -0.2) is 18.6 Å². The summed E-state index contributed by atoms with van der Waals surface area (Å²) in [5.41, 5.74) is 0. The summed E-state index contributed by atoms with van der Waals surface area (Å²) >= 11 is 5.07. The van der Waals surface area contributed by atoms with E-state index in [-0.39, 0.29) is 0 Å². The molecule has 1 fully saturated rings. The highest BCUT2D eigenvalue weighted by atomic mass is 79.9. The SMILES string of the molecule is CN(CC1CCC1)c1nc(Br)cs1. The van der Waals surface area contributed by atoms with Gasteiger partial charge in [-0.25, -0.2) is 4.98 Å². The lowest BCUT2D eigenvalue weighted by atomic mass is 9.85. The summed E-state index contributed by atoms with van der Waals surface area (Å²) in [6.45, 7) is 1.17. The largest absolute Gasteiger partial charge is 0.351 e. The summed E-state index contributed by atoms with van der Waals surface area (Å²) in [5, 5.41) is 3.16. The quantitative estimate of drug-likeness (QED) is 0.831. The van der Waals surface area contributed by atoms with Crippen molar-refractivity contribution in [1.29, 1.82) is 0 Å². The third kappa shape index (κ3) is 2.23. The second-order valence-corrected chi connectivity index (χ2v) is 5.28. The van der Waals surface area contributed by atoms with Gasteiger partial charge in [-0.1, -0.05) is 6.42 Å². The lowest BCUT2D eigenvalue weighted by Crippen LogP contribution is -2.29. The van der Waals surface area contributed by atoms with Crippen LogP contribution in [0.1, 0.15) is 19.3 Å². The van der Waals surface area contributed by atoms with E-state index in [0.717, 1.165) is 15.7 Å². The van der Waals surface area contributed by atoms with Crippen LogP contribution in [0.15, 0.2) is 9.98 Å². The number of hydrogen-bond acceptors (Lipinski definition) is 3. The summed E-state index contributed by atoms with van der Waals surface area (Å²) in [7, 11) is 2.13. The van der Waals surface area contributed by atoms with E-state index >= 15 is 0 Å². The summed E-state index contributed by atoms with van der Waals surface area (Å²) in [4.78, 5) is 6.65. The van der Waals surface area contributed by atoms with Crippen molar-refractivity contribution in [3.05, 3.63) is 9.98 Å². The predicted octanol–water partition coefficient (Wildman–Crippen LogP) is 3.14. The van der Waals surface area contributed by atoms with E-state index in [0.29, 0.717) is 0 Å². The Morgan fingerprint density at radius 2 is 2.46 bits per heavy atom. The molecule has 0 bridgehead atoms. The highest BCUT2D eigenvalue weighted by molar-refractivity contribution is 9.10. The summed E-state index contributed by atoms with van der Waals surface area (Å²) in [5.74, 6) is 0.910. The molecule has 1 aliphatic rings. The minimum absolute atomic E-state index is 0.910. The van der Waals surface area contributed by atoms with Gasteiger partial charge in [0, 0.05) is 19.0 Å². The van der Waals surface area contributed by atoms with Gasteiger partial charge >= 0.3 is 0 Å². The van der Waals surface area contributed by atoms with Crippen LogP contribution in [0.5, 0.6) is 0 Å². The molecule has 1 aromatic rings. The second kappa shape index (κ2) is 3.96. The molecular weight excluding hydrogens is 248 g/mol. The van der Waals surface area contributed by atoms with Crippen LogP contribution in [0, 0.1) is 5.92 Å². The summed E-state index contributed by atoms with van der Waals surface area (Å²) in [6.07, 6.45) is 4.22. The van der Waals surface area contributed by atoms with Crippen molar-refractivity contribution < 1.29 is 0 Å². The minimum atomic E-state index is 0.910. The molecule has 0 atom stereocenters. The van der Waals surface area contributed by atoms with Gasteiger partial charge in [0.05, 0.1) is 0 Å². The third-order valence-corrected chi connectivity index (χ3v) is 4.21. The van der Waals surface area contributed by atoms with Gasteiger partial charge in [-0.3, -0.25) is 0 Å². The molecule has 0 radical (unpaired) electrons. The molecule has 1 saturated carbocycles. The zero-order chi connectivity index (χ0) is 9.26. The Kier molecular flexibility index (Phi) is 2.89. The van der Waals surface area contributed by atoms with Gasteiger partial charge in [-0.15, -0.1) is 11.3 Å². The number of halogens is 1. The van der Waals surface area contributed by atoms with Crippen LogP contribution in [0.25, 0.3) is 0 Å². The molecule has 13 heavy (non-hydrogen) atoms. The zero-order valence-electron chi connectivity index (χ0n) is 7.66. The van der Waals surface area contributed by atoms with Gasteiger partial charge < -0.3 is 4.90 Å². The van der Waals surface area contributed by atoms with Crippen LogP contribution in [0.4, 0.5) is 5.13 Å². The minimum Gasteiger partial charge on any atom is -0.351 e. The Labute approximate surface area is 91.1 Å². The molecule has 0 N–H and O–H groups in total. The lowest BCUT2D eigenvalue weighted by molar-refractivity contribution is 0.321. The van der Waals surface area contributed by atoms with E-state index in [4.69, 9.17) is 0 Å². The molecule has 1 heterocycles. The van der Waals surface area contributed by atoms with Crippen molar-refractivity contribution in [2.45, 2.75) is 19.3 Å². The van der Waals surface area contributed by atoms with E-state index in [1.807, 2.05) is 5.38 Å². The maximum absolute atomic E-state index is 4.38. The molecule has 0 spiro atoms. The van der Waals surface area contributed by atoms with Crippen molar-refractivity contribution in [3.8, 4) is 0 Å². The van der Waals surface area contributed by atoms with Crippen molar-refractivity contribution in [2.24, 2.45) is 5.92 Å². The Morgan fingerprint density at radius 3 is 2.92 bits per heavy atom. The Balaban J connectivity index is 1.92. The molecule has 2 rings (SSSR count). The fourth-order valence-corrected chi connectivity index (χ4v) is 2.79. The van der Waals surface area contributed by atoms with Gasteiger partial charge in [-0.2, -0.15) is 0 Å². The number of hydrogen-bond donors (Lipinski definition) is 0. The highest BCUT2D eigenvalue weighted by Gasteiger charge is 2.20. The van der Waals surface area contributed by atoms with E-state index < -0.39 is 0 Å². The number of nitrogens with zero attached hydrogens (tertiary/aromatic N) is 2. The van der Waals surface area contributed by atoms with Crippen molar-refractivity contribution in [2.75, 3.05) is 18.5 Å². The van der Waals surface area contributed by atoms with Gasteiger partial charge in [0.1, 0.15) is 4.60 Å². The first-order valence-corrected chi connectivity index (χ1v) is 6.25. The van der Waals surface area contributed by atoms with Crippen molar-refractivity contribution >= 4 is 32.4 Å². The average Bonchev–Trinajstić information content (AvgIpc) is 2.44. The van der Waals surface area contributed by atoms with Gasteiger partial charge in [0.2, 0.25) is 0 Å². The van der Waals surface area contributed by atoms with E-state index in [1.54, 1.807) is 11.3 Å². The van der Waals surface area contributed by atoms with Crippen molar-refractivity contribution in [1.82, 2.24) is 4.98 Å². The molecule has 2 nitrogen and oxygen atoms in total. The lowest BCUT2D eigenvalue weighted by Gasteiger charge is -2.29. The summed E-state index contributed by atoms with van der Waals surface area (Å²) in [6, 6.07) is 0. The first kappa shape index (κ1) is 9.46. The standard InChI is InChI=1S/C9H13BrN2S/c1-12(5-7-3-2-4-7)9-11-8(10)6-13-9/h6-7H,2-5H2,1H3. The first-order valence-electron chi connectivity index (χ1n) is 4.58. The number of anilines is 1. The maximum atomic E-state index is 4.38. The van der Waals surface area contributed by atoms with Crippen LogP contribution >= 0.6 is 27.3 Å². The highest BCUT2D eigenvalue weighted by Crippen LogP contribution is 2.29. The molecule has 0 unspecified atom stereocenters. The Morgan fingerprint density at radius 1 is 1.69 bits per heavy atom. The molecule has 4 heteroatoms. The molecule has 1 aromatic heterocycles. The second-order valence-electron chi connectivity index (χ2n) is 3.63. The molecule has 0 amide bonds. The normalized spacial score (nSPS) is 17.1. The van der Waals surface area contributed by atoms with Gasteiger partial charge in [-0.05, 0) is 34.7 Å². The fourth-order valence-electron chi connectivity index (χ4n) is 1.56. The van der Waals surface area contributed by atoms with Crippen LogP contribution in [0.2, 0.25) is 0 Å². The average molecular weight is 261 g/mol. The van der Waals surface area contributed by atoms with E-state index in [2.05, 4.69) is 32.9 Å². The number of rotatable bonds is 3. The predicted molar refractivity (Wildman–Crippen MR) is 60.4 cm³/mol. The molecule has 0 saturated heterocycles. The Hall–Kier alpha value is -0.0900. The molecule has 72 valence electrons. The summed E-state index contributed by atoms with van der Waals surface area (Å²) < 4.78 is 0.952. The number of aromatic nitrogens is 1. The van der Waals surface area contributed by atoms with E-state index in [9.17, 15) is 0 Å². The van der Waals surface area contributed by atoms with Crippen molar-refractivity contribution in [3.63, 3.8) is 0 Å². The number of thiazole rings is 1. The van der Waals surface area contributed by atoms with Crippen LogP contribution in [0.3, 0.4) is 0 Å². The Bertz CT molecular complexity index is 283. The first-order chi connectivity index (χ1) is 6.25. The third-order valence-electron chi connectivity index (χ3n) is 2.55. The monoisotopic (exact) mass is 260 g/mol. The van der Waals surface area contributed by atoms with Gasteiger partial charge in [0.15, 0.2) is 5.13 Å². The maximum Gasteiger partial charge on any atom is 0.186 e. The topological polar surface area (TPSA) is 16.1 Å². The molecule has 0 aliphatic heterocycles. The zero-order valence-corrected chi connectivity index (χ0v) is 10.1. The van der Waals surface area contributed by atoms with Crippen LogP contribution < -0.4 is 4.90 Å². The van der Waals surface area contributed by atoms with E-state index in [1.165, 1.54) is 25.8 Å². The molecule has 0 aromatic carbocycles. The van der Waals surface area contributed by atoms with Gasteiger partial charge in [0.25, 0.3) is 0 Å². The molecular formula is C9H13BrN2S. The smallest absolute Gasteiger partial charge is 0.186 e. The fraction of sp³-hybridized carbons (Fsp3) is 0.667. The molecule has 1 aliphatic carbocycles. The van der Waals surface area contributed by atoms with Crippen LogP contribution in [-0.2, 0) is 0 Å².